The number of alkyl halides is 3. The predicted octanol–water partition coefficient (Wildman–Crippen LogP) is 8.69. The van der Waals surface area contributed by atoms with Crippen LogP contribution in [0.3, 0.4) is 0 Å². The first-order valence-corrected chi connectivity index (χ1v) is 14.6. The van der Waals surface area contributed by atoms with Gasteiger partial charge in [0, 0.05) is 9.58 Å². The van der Waals surface area contributed by atoms with Crippen molar-refractivity contribution in [2.45, 2.75) is 75.1 Å². The minimum atomic E-state index is -5.72. The normalized spacial score (nSPS) is 12.6. The van der Waals surface area contributed by atoms with Crippen LogP contribution in [-0.2, 0) is 16.5 Å². The molecular formula is C24H29F3O3S3. The first kappa shape index (κ1) is 26.2. The van der Waals surface area contributed by atoms with Crippen molar-refractivity contribution in [3.63, 3.8) is 0 Å². The molecule has 0 unspecified atom stereocenters. The Kier molecular flexibility index (Phi) is 8.97. The van der Waals surface area contributed by atoms with Crippen molar-refractivity contribution in [2.24, 2.45) is 0 Å². The zero-order valence-electron chi connectivity index (χ0n) is 18.8. The fourth-order valence-electron chi connectivity index (χ4n) is 3.80. The van der Waals surface area contributed by atoms with Crippen molar-refractivity contribution in [1.82, 2.24) is 0 Å². The molecule has 0 saturated carbocycles. The lowest BCUT2D eigenvalue weighted by Gasteiger charge is -2.13. The van der Waals surface area contributed by atoms with Gasteiger partial charge >= 0.3 is 15.6 Å². The number of fused-ring (bicyclic) bond motifs is 2. The van der Waals surface area contributed by atoms with Gasteiger partial charge in [-0.3, -0.25) is 0 Å². The topological polar surface area (TPSA) is 43.4 Å². The Bertz CT molecular complexity index is 1180. The second kappa shape index (κ2) is 11.3. The molecule has 3 rings (SSSR count). The highest BCUT2D eigenvalue weighted by Crippen LogP contribution is 2.38. The maximum atomic E-state index is 12.8. The van der Waals surface area contributed by atoms with Gasteiger partial charge in [0.1, 0.15) is 0 Å². The zero-order valence-corrected chi connectivity index (χ0v) is 21.3. The van der Waals surface area contributed by atoms with Gasteiger partial charge in [-0.25, -0.2) is 0 Å². The number of hydrogen-bond donors (Lipinski definition) is 0. The highest BCUT2D eigenvalue weighted by atomic mass is 32.2. The van der Waals surface area contributed by atoms with Crippen LogP contribution in [0, 0.1) is 0 Å². The molecule has 0 fully saturated rings. The molecule has 1 aromatic heterocycles. The molecule has 9 heteroatoms. The first-order valence-electron chi connectivity index (χ1n) is 11.2. The zero-order chi connectivity index (χ0) is 24.1. The van der Waals surface area contributed by atoms with Crippen LogP contribution in [-0.4, -0.2) is 20.2 Å². The highest BCUT2D eigenvalue weighted by molar-refractivity contribution is 7.98. The molecule has 0 amide bonds. The summed E-state index contributed by atoms with van der Waals surface area (Å²) in [4.78, 5) is 1.62. The summed E-state index contributed by atoms with van der Waals surface area (Å²) in [5.41, 5.74) is -5.47. The van der Waals surface area contributed by atoms with Crippen LogP contribution in [0.25, 0.3) is 20.9 Å². The third kappa shape index (κ3) is 6.79. The van der Waals surface area contributed by atoms with E-state index in [0.29, 0.717) is 10.3 Å². The number of aryl methyl sites for hydroxylation is 1. The summed E-state index contributed by atoms with van der Waals surface area (Å²) in [6.07, 6.45) is 12.8. The van der Waals surface area contributed by atoms with E-state index < -0.39 is 15.6 Å². The van der Waals surface area contributed by atoms with E-state index in [1.165, 1.54) is 55.9 Å². The monoisotopic (exact) mass is 518 g/mol. The number of hydrogen-bond acceptors (Lipinski definition) is 5. The Morgan fingerprint density at radius 3 is 2.15 bits per heavy atom. The lowest BCUT2D eigenvalue weighted by molar-refractivity contribution is -0.0500. The Morgan fingerprint density at radius 1 is 0.879 bits per heavy atom. The number of unbranched alkanes of at least 4 members (excludes halogenated alkanes) is 7. The van der Waals surface area contributed by atoms with E-state index in [2.05, 4.69) is 17.2 Å². The second-order valence-electron chi connectivity index (χ2n) is 8.16. The summed E-state index contributed by atoms with van der Waals surface area (Å²) >= 11 is 2.88. The van der Waals surface area contributed by atoms with Gasteiger partial charge in [-0.2, -0.15) is 21.6 Å². The van der Waals surface area contributed by atoms with Crippen molar-refractivity contribution in [3.05, 3.63) is 35.2 Å². The molecule has 0 atom stereocenters. The number of thioether (sulfide) groups is 1. The summed E-state index contributed by atoms with van der Waals surface area (Å²) in [5, 5.41) is 2.48. The van der Waals surface area contributed by atoms with Crippen LogP contribution in [0.15, 0.2) is 35.2 Å². The quantitative estimate of drug-likeness (QED) is 0.104. The van der Waals surface area contributed by atoms with Crippen LogP contribution in [0.4, 0.5) is 13.2 Å². The van der Waals surface area contributed by atoms with Crippen molar-refractivity contribution in [3.8, 4) is 5.75 Å². The minimum absolute atomic E-state index is 0.305. The fraction of sp³-hybridized carbons (Fsp3) is 0.500. The minimum Gasteiger partial charge on any atom is -0.375 e. The van der Waals surface area contributed by atoms with E-state index in [9.17, 15) is 21.6 Å². The van der Waals surface area contributed by atoms with Crippen molar-refractivity contribution >= 4 is 54.1 Å². The van der Waals surface area contributed by atoms with E-state index >= 15 is 0 Å². The number of benzene rings is 2. The summed E-state index contributed by atoms with van der Waals surface area (Å²) in [6, 6.07) is 9.07. The molecule has 3 aromatic rings. The van der Waals surface area contributed by atoms with E-state index in [1.54, 1.807) is 23.7 Å². The summed E-state index contributed by atoms with van der Waals surface area (Å²) in [6.45, 7) is 2.22. The maximum Gasteiger partial charge on any atom is 0.534 e. The highest BCUT2D eigenvalue weighted by Gasteiger charge is 2.48. The van der Waals surface area contributed by atoms with E-state index in [0.717, 1.165) is 40.1 Å². The average Bonchev–Trinajstić information content (AvgIpc) is 3.14. The number of halogens is 3. The van der Waals surface area contributed by atoms with Gasteiger partial charge in [0.2, 0.25) is 0 Å². The van der Waals surface area contributed by atoms with E-state index in [4.69, 9.17) is 0 Å². The van der Waals surface area contributed by atoms with Gasteiger partial charge in [0.05, 0.1) is 4.90 Å². The van der Waals surface area contributed by atoms with Gasteiger partial charge in [-0.1, -0.05) is 51.9 Å². The van der Waals surface area contributed by atoms with Crippen LogP contribution in [0.2, 0.25) is 0 Å². The second-order valence-corrected chi connectivity index (χ2v) is 11.7. The molecule has 182 valence electrons. The number of rotatable bonds is 12. The maximum absolute atomic E-state index is 12.8. The van der Waals surface area contributed by atoms with E-state index in [-0.39, 0.29) is 5.75 Å². The van der Waals surface area contributed by atoms with Crippen LogP contribution < -0.4 is 4.18 Å². The molecule has 3 nitrogen and oxygen atoms in total. The molecule has 0 aliphatic rings. The van der Waals surface area contributed by atoms with Crippen LogP contribution >= 0.6 is 23.1 Å². The Morgan fingerprint density at radius 2 is 1.52 bits per heavy atom. The lowest BCUT2D eigenvalue weighted by atomic mass is 10.1. The van der Waals surface area contributed by atoms with Crippen LogP contribution in [0.5, 0.6) is 5.75 Å². The summed E-state index contributed by atoms with van der Waals surface area (Å²) in [7, 11) is -5.72. The molecule has 0 bridgehead atoms. The Balaban J connectivity index is 1.73. The molecule has 0 N–H and O–H groups in total. The molecule has 2 aromatic carbocycles. The molecule has 0 aliphatic heterocycles. The molecule has 0 spiro atoms. The first-order chi connectivity index (χ1) is 15.6. The Labute approximate surface area is 201 Å². The van der Waals surface area contributed by atoms with Crippen molar-refractivity contribution in [1.29, 1.82) is 0 Å². The fourth-order valence-corrected chi connectivity index (χ4v) is 6.00. The van der Waals surface area contributed by atoms with Gasteiger partial charge in [-0.15, -0.1) is 23.1 Å². The lowest BCUT2D eigenvalue weighted by Crippen LogP contribution is -2.28. The largest absolute Gasteiger partial charge is 0.534 e. The number of thiophene rings is 1. The summed E-state index contributed by atoms with van der Waals surface area (Å²) in [5.74, 6) is -0.305. The van der Waals surface area contributed by atoms with Crippen molar-refractivity contribution in [2.75, 3.05) is 6.26 Å². The van der Waals surface area contributed by atoms with Gasteiger partial charge in [0.15, 0.2) is 5.75 Å². The van der Waals surface area contributed by atoms with Crippen LogP contribution in [0.1, 0.15) is 63.2 Å². The predicted molar refractivity (Wildman–Crippen MR) is 133 cm³/mol. The SMILES string of the molecule is CCCCCCCCCCc1cc2cc3cc(OS(=O)(=O)C(F)(F)F)c(SC)cc3cc2s1. The van der Waals surface area contributed by atoms with Gasteiger partial charge in [0.25, 0.3) is 0 Å². The molecular weight excluding hydrogens is 489 g/mol. The van der Waals surface area contributed by atoms with E-state index in [1.807, 2.05) is 12.1 Å². The average molecular weight is 519 g/mol. The smallest absolute Gasteiger partial charge is 0.375 e. The summed E-state index contributed by atoms with van der Waals surface area (Å²) < 4.78 is 66.9. The molecule has 0 radical (unpaired) electrons. The molecule has 33 heavy (non-hydrogen) atoms. The molecule has 1 heterocycles. The van der Waals surface area contributed by atoms with Gasteiger partial charge < -0.3 is 4.18 Å². The Hall–Kier alpha value is -1.45. The molecule has 0 aliphatic carbocycles. The third-order valence-corrected chi connectivity index (χ3v) is 8.45. The molecule has 0 saturated heterocycles. The van der Waals surface area contributed by atoms with Crippen molar-refractivity contribution < 1.29 is 25.8 Å². The van der Waals surface area contributed by atoms with Gasteiger partial charge in [-0.05, 0) is 65.6 Å². The standard InChI is InChI=1S/C24H29F3O3S3/c1-3-4-5-6-7-8-9-10-11-20-13-19-12-17-14-21(30-33(28,29)24(25,26)27)23(31-2)16-18(17)15-22(19)32-20/h12-16H,3-11H2,1-2H3. The third-order valence-electron chi connectivity index (χ3n) is 5.57.